The molecule has 61 heavy (non-hydrogen) atoms. The second kappa shape index (κ2) is 18.8. The predicted molar refractivity (Wildman–Crippen MR) is 234 cm³/mol. The average molecular weight is 884 g/mol. The van der Waals surface area contributed by atoms with E-state index in [4.69, 9.17) is 42.8 Å². The molecule has 8 rings (SSSR count). The van der Waals surface area contributed by atoms with Gasteiger partial charge >= 0.3 is 0 Å². The van der Waals surface area contributed by atoms with Gasteiger partial charge in [0.15, 0.2) is 11.5 Å². The summed E-state index contributed by atoms with van der Waals surface area (Å²) in [7, 11) is 0. The van der Waals surface area contributed by atoms with Crippen LogP contribution in [0, 0.1) is 0 Å². The van der Waals surface area contributed by atoms with Gasteiger partial charge in [0.05, 0.1) is 23.3 Å². The smallest absolute Gasteiger partial charge is 0.246 e. The highest BCUT2D eigenvalue weighted by Gasteiger charge is 2.25. The highest BCUT2D eigenvalue weighted by atomic mass is 35.5. The predicted octanol–water partition coefficient (Wildman–Crippen LogP) is 7.62. The number of carbonyl (C=O) groups is 4. The van der Waals surface area contributed by atoms with Crippen molar-refractivity contribution in [3.8, 4) is 33.8 Å². The zero-order valence-electron chi connectivity index (χ0n) is 33.8. The van der Waals surface area contributed by atoms with Crippen molar-refractivity contribution in [2.75, 3.05) is 65.6 Å². The minimum absolute atomic E-state index is 0.00107. The van der Waals surface area contributed by atoms with Gasteiger partial charge in [-0.2, -0.15) is 9.78 Å². The van der Waals surface area contributed by atoms with Gasteiger partial charge in [0.1, 0.15) is 0 Å². The van der Waals surface area contributed by atoms with E-state index in [-0.39, 0.29) is 23.6 Å². The first-order chi connectivity index (χ1) is 29.5. The lowest BCUT2D eigenvalue weighted by atomic mass is 9.96. The molecule has 12 nitrogen and oxygen atoms in total. The maximum atomic E-state index is 13.4. The molecule has 2 fully saturated rings. The largest absolute Gasteiger partial charge is 0.339 e. The highest BCUT2D eigenvalue weighted by molar-refractivity contribution is 7.99. The van der Waals surface area contributed by atoms with E-state index in [0.29, 0.717) is 100.0 Å². The molecule has 316 valence electrons. The van der Waals surface area contributed by atoms with Gasteiger partial charge in [0.2, 0.25) is 23.6 Å². The Morgan fingerprint density at radius 1 is 0.557 bits per heavy atom. The van der Waals surface area contributed by atoms with E-state index >= 15 is 0 Å². The molecule has 0 aromatic heterocycles. The van der Waals surface area contributed by atoms with Crippen LogP contribution in [-0.4, -0.2) is 109 Å². The van der Waals surface area contributed by atoms with Gasteiger partial charge in [0, 0.05) is 123 Å². The summed E-state index contributed by atoms with van der Waals surface area (Å²) in [6, 6.07) is 19.4. The van der Waals surface area contributed by atoms with Gasteiger partial charge in [-0.25, -0.2) is 0 Å². The fourth-order valence-electron chi connectivity index (χ4n) is 7.84. The molecule has 4 amide bonds. The van der Waals surface area contributed by atoms with Crippen LogP contribution >= 0.6 is 35.0 Å². The maximum Gasteiger partial charge on any atom is 0.246 e. The summed E-state index contributed by atoms with van der Waals surface area (Å²) in [5.41, 5.74) is 6.61. The zero-order valence-corrected chi connectivity index (χ0v) is 36.1. The van der Waals surface area contributed by atoms with E-state index in [0.717, 1.165) is 54.3 Å². The number of carbonyl (C=O) groups excluding carboxylic acids is 4. The standard InChI is InChI=1S/C46H44Cl2N4O8S/c1-29(53)49-17-21-51(22-18-49)41(55)13-7-31-5-11-39(45(47)43(31)35-3-9-37-33(27-35)15-25-57-59-37)61-40-12-6-32(8-14-42(56)52-23-19-50(20-24-52)30(2)54)44(46(40)48)36-4-10-38-34(28-36)16-26-58-60-38/h3-14,27-28H,15-26H2,1-2H3. The van der Waals surface area contributed by atoms with Gasteiger partial charge in [-0.3, -0.25) is 19.2 Å². The van der Waals surface area contributed by atoms with Crippen LogP contribution in [0.3, 0.4) is 0 Å². The monoisotopic (exact) mass is 882 g/mol. The molecule has 0 bridgehead atoms. The first kappa shape index (κ1) is 42.4. The van der Waals surface area contributed by atoms with Crippen molar-refractivity contribution in [2.45, 2.75) is 36.5 Å². The third kappa shape index (κ3) is 9.46. The van der Waals surface area contributed by atoms with Crippen LogP contribution in [-0.2, 0) is 41.8 Å². The van der Waals surface area contributed by atoms with Gasteiger partial charge < -0.3 is 29.4 Å². The third-order valence-electron chi connectivity index (χ3n) is 11.3. The summed E-state index contributed by atoms with van der Waals surface area (Å²) in [5, 5.41) is 0.955. The van der Waals surface area contributed by atoms with Crippen LogP contribution in [0.15, 0.2) is 82.6 Å². The second-order valence-corrected chi connectivity index (χ2v) is 16.9. The molecule has 2 saturated heterocycles. The quantitative estimate of drug-likeness (QED) is 0.130. The minimum atomic E-state index is -0.147. The van der Waals surface area contributed by atoms with Crippen molar-refractivity contribution < 1.29 is 38.7 Å². The molecule has 0 aliphatic carbocycles. The second-order valence-electron chi connectivity index (χ2n) is 15.1. The minimum Gasteiger partial charge on any atom is -0.339 e. The Bertz CT molecular complexity index is 2280. The molecule has 4 heterocycles. The molecule has 4 aromatic rings. The number of nitrogens with zero attached hydrogens (tertiary/aromatic N) is 4. The van der Waals surface area contributed by atoms with Crippen LogP contribution in [0.4, 0.5) is 0 Å². The molecule has 0 N–H and O–H groups in total. The molecule has 4 aliphatic heterocycles. The summed E-state index contributed by atoms with van der Waals surface area (Å²) in [5.74, 6) is 0.988. The van der Waals surface area contributed by atoms with Gasteiger partial charge in [0.25, 0.3) is 0 Å². The van der Waals surface area contributed by atoms with E-state index in [9.17, 15) is 19.2 Å². The number of benzene rings is 4. The summed E-state index contributed by atoms with van der Waals surface area (Å²) >= 11 is 16.2. The number of amides is 4. The van der Waals surface area contributed by atoms with Crippen molar-refractivity contribution in [1.29, 1.82) is 0 Å². The fraction of sp³-hybridized carbons (Fsp3) is 0.304. The summed E-state index contributed by atoms with van der Waals surface area (Å²) in [4.78, 5) is 80.2. The molecule has 0 radical (unpaired) electrons. The molecular formula is C46H44Cl2N4O8S. The highest BCUT2D eigenvalue weighted by Crippen LogP contribution is 2.47. The van der Waals surface area contributed by atoms with Crippen molar-refractivity contribution in [3.63, 3.8) is 0 Å². The zero-order chi connectivity index (χ0) is 42.6. The van der Waals surface area contributed by atoms with Crippen LogP contribution in [0.2, 0.25) is 10.0 Å². The number of rotatable bonds is 8. The Labute approximate surface area is 368 Å². The lowest BCUT2D eigenvalue weighted by Gasteiger charge is -2.33. The Balaban J connectivity index is 1.13. The van der Waals surface area contributed by atoms with E-state index in [1.165, 1.54) is 11.8 Å². The molecular weight excluding hydrogens is 839 g/mol. The lowest BCUT2D eigenvalue weighted by Crippen LogP contribution is -2.49. The molecule has 4 aromatic carbocycles. The maximum absolute atomic E-state index is 13.4. The average Bonchev–Trinajstić information content (AvgIpc) is 3.28. The molecule has 0 saturated carbocycles. The molecule has 4 aliphatic rings. The van der Waals surface area contributed by atoms with Crippen molar-refractivity contribution in [3.05, 3.63) is 105 Å². The Morgan fingerprint density at radius 3 is 1.34 bits per heavy atom. The number of fused-ring (bicyclic) bond motifs is 2. The fourth-order valence-corrected chi connectivity index (χ4v) is 9.52. The first-order valence-electron chi connectivity index (χ1n) is 20.2. The number of hydrogen-bond donors (Lipinski definition) is 0. The normalized spacial score (nSPS) is 16.6. The van der Waals surface area contributed by atoms with Crippen LogP contribution in [0.5, 0.6) is 11.5 Å². The van der Waals surface area contributed by atoms with E-state index in [1.807, 2.05) is 60.7 Å². The van der Waals surface area contributed by atoms with Crippen LogP contribution in [0.25, 0.3) is 34.4 Å². The summed E-state index contributed by atoms with van der Waals surface area (Å²) in [6.45, 7) is 7.73. The first-order valence-corrected chi connectivity index (χ1v) is 21.7. The molecule has 0 atom stereocenters. The third-order valence-corrected chi connectivity index (χ3v) is 13.4. The molecule has 0 spiro atoms. The Kier molecular flexibility index (Phi) is 13.0. The van der Waals surface area contributed by atoms with E-state index < -0.39 is 0 Å². The summed E-state index contributed by atoms with van der Waals surface area (Å²) in [6.07, 6.45) is 8.01. The van der Waals surface area contributed by atoms with Crippen molar-refractivity contribution in [1.82, 2.24) is 19.6 Å². The topological polar surface area (TPSA) is 118 Å². The van der Waals surface area contributed by atoms with Gasteiger partial charge in [-0.15, -0.1) is 0 Å². The molecule has 0 unspecified atom stereocenters. The summed E-state index contributed by atoms with van der Waals surface area (Å²) < 4.78 is 0. The number of hydrogen-bond acceptors (Lipinski definition) is 9. The lowest BCUT2D eigenvalue weighted by molar-refractivity contribution is -0.215. The Morgan fingerprint density at radius 2 is 0.951 bits per heavy atom. The van der Waals surface area contributed by atoms with E-state index in [1.54, 1.807) is 57.8 Å². The van der Waals surface area contributed by atoms with Crippen molar-refractivity contribution in [2.24, 2.45) is 0 Å². The van der Waals surface area contributed by atoms with Gasteiger partial charge in [-0.05, 0) is 70.8 Å². The molecule has 15 heteroatoms. The van der Waals surface area contributed by atoms with Crippen LogP contribution in [0.1, 0.15) is 36.1 Å². The van der Waals surface area contributed by atoms with Crippen LogP contribution < -0.4 is 9.78 Å². The Hall–Kier alpha value is -5.31. The van der Waals surface area contributed by atoms with Gasteiger partial charge in [-0.1, -0.05) is 59.2 Å². The SMILES string of the molecule is CC(=O)N1CCN(C(=O)C=Cc2ccc(Sc3ccc(C=CC(=O)N4CCN(C(C)=O)CC4)c(-c4ccc5c(c4)CCOO5)c3Cl)c(Cl)c2-c2ccc3c(c2)CCOO3)CC1. The number of halogens is 2. The number of piperazine rings is 2. The van der Waals surface area contributed by atoms with E-state index in [2.05, 4.69) is 0 Å². The van der Waals surface area contributed by atoms with Crippen molar-refractivity contribution >= 4 is 70.7 Å².